The van der Waals surface area contributed by atoms with E-state index < -0.39 is 0 Å². The molecular formula is C19H22N2O2. The molecule has 2 aromatic rings. The van der Waals surface area contributed by atoms with Crippen LogP contribution in [-0.2, 0) is 4.79 Å². The van der Waals surface area contributed by atoms with Crippen molar-refractivity contribution in [3.8, 4) is 5.75 Å². The van der Waals surface area contributed by atoms with E-state index in [1.807, 2.05) is 35.2 Å². The van der Waals surface area contributed by atoms with Crippen molar-refractivity contribution in [2.24, 2.45) is 0 Å². The highest BCUT2D eigenvalue weighted by molar-refractivity contribution is 5.95. The van der Waals surface area contributed by atoms with Crippen LogP contribution in [0.4, 0.5) is 11.4 Å². The van der Waals surface area contributed by atoms with E-state index in [2.05, 4.69) is 30.4 Å². The summed E-state index contributed by atoms with van der Waals surface area (Å²) >= 11 is 0. The zero-order valence-corrected chi connectivity index (χ0v) is 13.7. The quantitative estimate of drug-likeness (QED) is 0.932. The summed E-state index contributed by atoms with van der Waals surface area (Å²) in [5, 5.41) is 3.58. The molecule has 0 aliphatic carbocycles. The summed E-state index contributed by atoms with van der Waals surface area (Å²) in [6.45, 7) is 3.69. The van der Waals surface area contributed by atoms with E-state index in [4.69, 9.17) is 4.74 Å². The Morgan fingerprint density at radius 3 is 2.57 bits per heavy atom. The molecule has 0 radical (unpaired) electrons. The van der Waals surface area contributed by atoms with E-state index in [1.54, 1.807) is 14.0 Å². The Morgan fingerprint density at radius 2 is 1.91 bits per heavy atom. The van der Waals surface area contributed by atoms with Crippen molar-refractivity contribution in [3.05, 3.63) is 54.1 Å². The van der Waals surface area contributed by atoms with Crippen LogP contribution >= 0.6 is 0 Å². The number of para-hydroxylation sites is 2. The molecule has 0 saturated carbocycles. The lowest BCUT2D eigenvalue weighted by Crippen LogP contribution is -2.43. The Bertz CT molecular complexity index is 700. The molecule has 0 bridgehead atoms. The molecule has 0 saturated heterocycles. The lowest BCUT2D eigenvalue weighted by atomic mass is 9.91. The number of anilines is 2. The highest BCUT2D eigenvalue weighted by atomic mass is 16.5. The molecule has 0 aromatic heterocycles. The number of rotatable bonds is 3. The summed E-state index contributed by atoms with van der Waals surface area (Å²) in [6, 6.07) is 16.4. The molecule has 1 N–H and O–H groups in total. The van der Waals surface area contributed by atoms with E-state index in [9.17, 15) is 4.79 Å². The molecule has 1 aliphatic heterocycles. The van der Waals surface area contributed by atoms with Crippen LogP contribution in [0.25, 0.3) is 0 Å². The van der Waals surface area contributed by atoms with Gasteiger partial charge in [0.25, 0.3) is 0 Å². The fourth-order valence-corrected chi connectivity index (χ4v) is 3.38. The van der Waals surface area contributed by atoms with E-state index in [0.29, 0.717) is 0 Å². The van der Waals surface area contributed by atoms with Crippen LogP contribution < -0.4 is 15.0 Å². The number of nitrogens with one attached hydrogen (secondary N) is 1. The molecule has 23 heavy (non-hydrogen) atoms. The van der Waals surface area contributed by atoms with Crippen molar-refractivity contribution >= 4 is 17.3 Å². The molecule has 1 heterocycles. The number of benzene rings is 2. The van der Waals surface area contributed by atoms with Crippen molar-refractivity contribution in [2.75, 3.05) is 17.3 Å². The Labute approximate surface area is 137 Å². The summed E-state index contributed by atoms with van der Waals surface area (Å²) < 4.78 is 5.52. The minimum atomic E-state index is 0.0430. The number of hydrogen-bond donors (Lipinski definition) is 1. The molecule has 120 valence electrons. The van der Waals surface area contributed by atoms with Gasteiger partial charge in [-0.2, -0.15) is 0 Å². The molecular weight excluding hydrogens is 288 g/mol. The third kappa shape index (κ3) is 2.89. The van der Waals surface area contributed by atoms with Crippen LogP contribution in [0.2, 0.25) is 0 Å². The smallest absolute Gasteiger partial charge is 0.224 e. The lowest BCUT2D eigenvalue weighted by molar-refractivity contribution is -0.117. The lowest BCUT2D eigenvalue weighted by Gasteiger charge is -2.40. The summed E-state index contributed by atoms with van der Waals surface area (Å²) in [7, 11) is 1.65. The van der Waals surface area contributed by atoms with Gasteiger partial charge in [0.05, 0.1) is 18.8 Å². The third-order valence-corrected chi connectivity index (χ3v) is 4.34. The zero-order chi connectivity index (χ0) is 16.4. The summed E-state index contributed by atoms with van der Waals surface area (Å²) in [5.74, 6) is 0.783. The van der Waals surface area contributed by atoms with Gasteiger partial charge in [-0.3, -0.25) is 4.79 Å². The highest BCUT2D eigenvalue weighted by Crippen LogP contribution is 2.44. The fraction of sp³-hybridized carbons (Fsp3) is 0.316. The van der Waals surface area contributed by atoms with Crippen LogP contribution in [0.15, 0.2) is 48.5 Å². The van der Waals surface area contributed by atoms with Crippen LogP contribution in [0.3, 0.4) is 0 Å². The number of carbonyl (C=O) groups is 1. The average Bonchev–Trinajstić information content (AvgIpc) is 2.55. The van der Waals surface area contributed by atoms with Gasteiger partial charge in [0.2, 0.25) is 5.91 Å². The number of amides is 1. The van der Waals surface area contributed by atoms with Crippen LogP contribution in [0.1, 0.15) is 31.9 Å². The van der Waals surface area contributed by atoms with Gasteiger partial charge in [-0.15, -0.1) is 0 Å². The minimum Gasteiger partial charge on any atom is -0.495 e. The molecule has 3 rings (SSSR count). The summed E-state index contributed by atoms with van der Waals surface area (Å²) in [5.41, 5.74) is 3.06. The van der Waals surface area contributed by atoms with Gasteiger partial charge in [-0.1, -0.05) is 30.3 Å². The Hall–Kier alpha value is -2.49. The van der Waals surface area contributed by atoms with Crippen LogP contribution in [-0.4, -0.2) is 19.1 Å². The normalized spacial score (nSPS) is 19.9. The van der Waals surface area contributed by atoms with Gasteiger partial charge in [0.1, 0.15) is 5.75 Å². The Morgan fingerprint density at radius 1 is 1.17 bits per heavy atom. The van der Waals surface area contributed by atoms with Gasteiger partial charge >= 0.3 is 0 Å². The number of ether oxygens (including phenoxy) is 1. The van der Waals surface area contributed by atoms with Crippen molar-refractivity contribution < 1.29 is 9.53 Å². The SMILES string of the molecule is COc1cccc2c1N(C(C)=O)C(C)CC2Nc1ccccc1. The molecule has 2 atom stereocenters. The monoisotopic (exact) mass is 310 g/mol. The minimum absolute atomic E-state index is 0.0430. The average molecular weight is 310 g/mol. The number of carbonyl (C=O) groups excluding carboxylic acids is 1. The predicted molar refractivity (Wildman–Crippen MR) is 93.0 cm³/mol. The maximum Gasteiger partial charge on any atom is 0.224 e. The van der Waals surface area contributed by atoms with Crippen molar-refractivity contribution in [1.82, 2.24) is 0 Å². The number of nitrogens with zero attached hydrogens (tertiary/aromatic N) is 1. The zero-order valence-electron chi connectivity index (χ0n) is 13.7. The second-order valence-electron chi connectivity index (χ2n) is 5.93. The van der Waals surface area contributed by atoms with E-state index >= 15 is 0 Å². The van der Waals surface area contributed by atoms with Crippen LogP contribution in [0.5, 0.6) is 5.75 Å². The van der Waals surface area contributed by atoms with E-state index in [0.717, 1.165) is 29.1 Å². The van der Waals surface area contributed by atoms with E-state index in [-0.39, 0.29) is 18.0 Å². The van der Waals surface area contributed by atoms with Gasteiger partial charge in [0.15, 0.2) is 0 Å². The first-order valence-electron chi connectivity index (χ1n) is 7.90. The Kier molecular flexibility index (Phi) is 4.24. The molecule has 0 spiro atoms. The topological polar surface area (TPSA) is 41.6 Å². The highest BCUT2D eigenvalue weighted by Gasteiger charge is 2.34. The summed E-state index contributed by atoms with van der Waals surface area (Å²) in [6.07, 6.45) is 0.856. The largest absolute Gasteiger partial charge is 0.495 e. The van der Waals surface area contributed by atoms with Gasteiger partial charge in [-0.05, 0) is 31.5 Å². The van der Waals surface area contributed by atoms with Crippen LogP contribution in [0, 0.1) is 0 Å². The standard InChI is InChI=1S/C19H22N2O2/c1-13-12-17(20-15-8-5-4-6-9-15)16-10-7-11-18(23-3)19(16)21(13)14(2)22/h4-11,13,17,20H,12H2,1-3H3. The maximum absolute atomic E-state index is 12.2. The predicted octanol–water partition coefficient (Wildman–Crippen LogP) is 3.99. The molecule has 2 unspecified atom stereocenters. The van der Waals surface area contributed by atoms with E-state index in [1.165, 1.54) is 0 Å². The van der Waals surface area contributed by atoms with Gasteiger partial charge in [0, 0.05) is 24.2 Å². The maximum atomic E-state index is 12.2. The molecule has 4 nitrogen and oxygen atoms in total. The molecule has 2 aromatic carbocycles. The second kappa shape index (κ2) is 6.32. The molecule has 1 amide bonds. The first-order chi connectivity index (χ1) is 11.1. The van der Waals surface area contributed by atoms with Crippen molar-refractivity contribution in [3.63, 3.8) is 0 Å². The van der Waals surface area contributed by atoms with Gasteiger partial charge < -0.3 is 15.0 Å². The van der Waals surface area contributed by atoms with Gasteiger partial charge in [-0.25, -0.2) is 0 Å². The van der Waals surface area contributed by atoms with Crippen molar-refractivity contribution in [2.45, 2.75) is 32.4 Å². The summed E-state index contributed by atoms with van der Waals surface area (Å²) in [4.78, 5) is 14.0. The third-order valence-electron chi connectivity index (χ3n) is 4.34. The first kappa shape index (κ1) is 15.4. The second-order valence-corrected chi connectivity index (χ2v) is 5.93. The number of hydrogen-bond acceptors (Lipinski definition) is 3. The molecule has 0 fully saturated rings. The fourth-order valence-electron chi connectivity index (χ4n) is 3.38. The number of fused-ring (bicyclic) bond motifs is 1. The first-order valence-corrected chi connectivity index (χ1v) is 7.90. The molecule has 1 aliphatic rings. The number of methoxy groups -OCH3 is 1. The molecule has 4 heteroatoms. The Balaban J connectivity index is 2.05. The van der Waals surface area contributed by atoms with Crippen molar-refractivity contribution in [1.29, 1.82) is 0 Å².